The van der Waals surface area contributed by atoms with Crippen LogP contribution in [0.15, 0.2) is 24.3 Å². The summed E-state index contributed by atoms with van der Waals surface area (Å²) in [5.74, 6) is -2.58. The van der Waals surface area contributed by atoms with Gasteiger partial charge < -0.3 is 14.9 Å². The molecule has 0 unspecified atom stereocenters. The van der Waals surface area contributed by atoms with E-state index in [0.29, 0.717) is 31.5 Å². The molecule has 2 heterocycles. The van der Waals surface area contributed by atoms with Crippen molar-refractivity contribution < 1.29 is 19.1 Å². The summed E-state index contributed by atoms with van der Waals surface area (Å²) in [6.45, 7) is 1.40. The number of carboxylic acid groups (broad SMARTS) is 1. The number of hydrogen-bond acceptors (Lipinski definition) is 3. The van der Waals surface area contributed by atoms with Crippen LogP contribution in [0.1, 0.15) is 24.3 Å². The van der Waals surface area contributed by atoms with E-state index in [2.05, 4.69) is 6.07 Å². The zero-order valence-corrected chi connectivity index (χ0v) is 13.8. The zero-order valence-electron chi connectivity index (χ0n) is 13.8. The third kappa shape index (κ3) is 3.58. The maximum atomic E-state index is 13.5. The summed E-state index contributed by atoms with van der Waals surface area (Å²) in [5, 5.41) is 18.5. The monoisotopic (exact) mass is 345 g/mol. The number of likely N-dealkylation sites (tertiary alicyclic amines) is 2. The van der Waals surface area contributed by atoms with Gasteiger partial charge in [0, 0.05) is 38.0 Å². The lowest BCUT2D eigenvalue weighted by atomic mass is 9.89. The zero-order chi connectivity index (χ0) is 18.0. The third-order valence-electron chi connectivity index (χ3n) is 5.13. The van der Waals surface area contributed by atoms with Crippen LogP contribution in [-0.2, 0) is 4.79 Å². The second kappa shape index (κ2) is 7.09. The Balaban J connectivity index is 1.73. The molecule has 1 N–H and O–H groups in total. The van der Waals surface area contributed by atoms with Crippen molar-refractivity contribution in [2.24, 2.45) is 11.8 Å². The van der Waals surface area contributed by atoms with Crippen LogP contribution >= 0.6 is 0 Å². The molecular weight excluding hydrogens is 325 g/mol. The average molecular weight is 345 g/mol. The van der Waals surface area contributed by atoms with Crippen molar-refractivity contribution in [3.05, 3.63) is 35.6 Å². The summed E-state index contributed by atoms with van der Waals surface area (Å²) in [7, 11) is 0. The van der Waals surface area contributed by atoms with E-state index in [-0.39, 0.29) is 25.0 Å². The highest BCUT2D eigenvalue weighted by Gasteiger charge is 2.42. The van der Waals surface area contributed by atoms with Gasteiger partial charge in [-0.2, -0.15) is 5.26 Å². The maximum Gasteiger partial charge on any atom is 0.320 e. The van der Waals surface area contributed by atoms with Gasteiger partial charge in [0.05, 0.1) is 12.0 Å². The Bertz CT molecular complexity index is 710. The molecule has 7 heteroatoms. The smallest absolute Gasteiger partial charge is 0.320 e. The van der Waals surface area contributed by atoms with Gasteiger partial charge in [0.1, 0.15) is 5.82 Å². The number of benzene rings is 1. The summed E-state index contributed by atoms with van der Waals surface area (Å²) < 4.78 is 13.5. The van der Waals surface area contributed by atoms with E-state index in [1.54, 1.807) is 21.9 Å². The first-order valence-electron chi connectivity index (χ1n) is 8.41. The van der Waals surface area contributed by atoms with E-state index in [4.69, 9.17) is 5.26 Å². The van der Waals surface area contributed by atoms with Gasteiger partial charge >= 0.3 is 12.0 Å². The van der Waals surface area contributed by atoms with E-state index in [0.717, 1.165) is 0 Å². The largest absolute Gasteiger partial charge is 0.481 e. The Labute approximate surface area is 145 Å². The van der Waals surface area contributed by atoms with Gasteiger partial charge in [-0.05, 0) is 30.5 Å². The van der Waals surface area contributed by atoms with E-state index >= 15 is 0 Å². The number of amides is 2. The molecule has 25 heavy (non-hydrogen) atoms. The number of carbonyl (C=O) groups is 2. The summed E-state index contributed by atoms with van der Waals surface area (Å²) in [5.41, 5.74) is 0.603. The molecule has 132 valence electrons. The summed E-state index contributed by atoms with van der Waals surface area (Å²) >= 11 is 0. The lowest BCUT2D eigenvalue weighted by molar-refractivity contribution is -0.141. The van der Waals surface area contributed by atoms with Gasteiger partial charge in [0.15, 0.2) is 0 Å². The lowest BCUT2D eigenvalue weighted by Gasteiger charge is -2.32. The minimum atomic E-state index is -0.979. The van der Waals surface area contributed by atoms with E-state index < -0.39 is 23.6 Å². The number of urea groups is 1. The molecule has 2 aliphatic rings. The van der Waals surface area contributed by atoms with Crippen LogP contribution in [0.5, 0.6) is 0 Å². The summed E-state index contributed by atoms with van der Waals surface area (Å²) in [6, 6.07) is 7.95. The Morgan fingerprint density at radius 2 is 1.92 bits per heavy atom. The van der Waals surface area contributed by atoms with Crippen molar-refractivity contribution in [2.75, 3.05) is 26.2 Å². The van der Waals surface area contributed by atoms with Gasteiger partial charge in [-0.3, -0.25) is 4.79 Å². The van der Waals surface area contributed by atoms with Gasteiger partial charge in [-0.25, -0.2) is 9.18 Å². The second-order valence-corrected chi connectivity index (χ2v) is 6.68. The molecule has 0 aliphatic carbocycles. The van der Waals surface area contributed by atoms with Crippen molar-refractivity contribution in [3.8, 4) is 6.07 Å². The number of piperidine rings is 1. The number of hydrogen-bond donors (Lipinski definition) is 1. The predicted octanol–water partition coefficient (Wildman–Crippen LogP) is 2.28. The van der Waals surface area contributed by atoms with Gasteiger partial charge in [0.25, 0.3) is 0 Å². The summed E-state index contributed by atoms with van der Waals surface area (Å²) in [4.78, 5) is 27.5. The summed E-state index contributed by atoms with van der Waals surface area (Å²) in [6.07, 6.45) is 1.29. The Hall–Kier alpha value is -2.62. The molecular formula is C18H20FN3O3. The molecule has 2 atom stereocenters. The standard InChI is InChI=1S/C18H20FN3O3/c19-14-3-1-2-13(8-14)15-10-22(11-16(15)17(23)24)18(25)21-6-4-12(9-20)5-7-21/h1-3,8,12,15-16H,4-7,10-11H2,(H,23,24)/t15-,16+/m0/s1. The lowest BCUT2D eigenvalue weighted by Crippen LogP contribution is -2.46. The Kier molecular flexibility index (Phi) is 4.88. The number of aliphatic carboxylic acids is 1. The molecule has 6 nitrogen and oxygen atoms in total. The molecule has 0 bridgehead atoms. The first kappa shape index (κ1) is 17.2. The third-order valence-corrected chi connectivity index (χ3v) is 5.13. The molecule has 1 aromatic rings. The van der Waals surface area contributed by atoms with Crippen molar-refractivity contribution >= 4 is 12.0 Å². The van der Waals surface area contributed by atoms with Gasteiger partial charge in [0.2, 0.25) is 0 Å². The molecule has 0 saturated carbocycles. The van der Waals surface area contributed by atoms with Gasteiger partial charge in [-0.1, -0.05) is 12.1 Å². The van der Waals surface area contributed by atoms with Gasteiger partial charge in [-0.15, -0.1) is 0 Å². The molecule has 0 aromatic heterocycles. The van der Waals surface area contributed by atoms with Crippen LogP contribution < -0.4 is 0 Å². The topological polar surface area (TPSA) is 84.6 Å². The fraction of sp³-hybridized carbons (Fsp3) is 0.500. The van der Waals surface area contributed by atoms with Crippen LogP contribution in [0.3, 0.4) is 0 Å². The van der Waals surface area contributed by atoms with Crippen molar-refractivity contribution in [1.29, 1.82) is 5.26 Å². The molecule has 0 spiro atoms. The molecule has 2 aliphatic heterocycles. The number of carbonyl (C=O) groups excluding carboxylic acids is 1. The normalized spacial score (nSPS) is 24.2. The Morgan fingerprint density at radius 1 is 1.20 bits per heavy atom. The molecule has 0 radical (unpaired) electrons. The van der Waals surface area contributed by atoms with Crippen molar-refractivity contribution in [3.63, 3.8) is 0 Å². The highest BCUT2D eigenvalue weighted by molar-refractivity contribution is 5.78. The van der Waals surface area contributed by atoms with Crippen molar-refractivity contribution in [1.82, 2.24) is 9.80 Å². The Morgan fingerprint density at radius 3 is 2.52 bits per heavy atom. The maximum absolute atomic E-state index is 13.5. The molecule has 2 saturated heterocycles. The number of halogens is 1. The van der Waals surface area contributed by atoms with Crippen LogP contribution in [0.2, 0.25) is 0 Å². The fourth-order valence-electron chi connectivity index (χ4n) is 3.69. The van der Waals surface area contributed by atoms with Crippen LogP contribution in [0, 0.1) is 29.0 Å². The van der Waals surface area contributed by atoms with Crippen LogP contribution in [-0.4, -0.2) is 53.1 Å². The first-order chi connectivity index (χ1) is 12.0. The first-order valence-corrected chi connectivity index (χ1v) is 8.41. The quantitative estimate of drug-likeness (QED) is 0.891. The highest BCUT2D eigenvalue weighted by atomic mass is 19.1. The number of carboxylic acids is 1. The second-order valence-electron chi connectivity index (χ2n) is 6.68. The minimum Gasteiger partial charge on any atom is -0.481 e. The fourth-order valence-corrected chi connectivity index (χ4v) is 3.69. The SMILES string of the molecule is N#CC1CCN(C(=O)N2C[C@@H](C(=O)O)[C@H](c3cccc(F)c3)C2)CC1. The van der Waals surface area contributed by atoms with E-state index in [9.17, 15) is 19.1 Å². The minimum absolute atomic E-state index is 0.0190. The van der Waals surface area contributed by atoms with E-state index in [1.165, 1.54) is 12.1 Å². The molecule has 2 fully saturated rings. The van der Waals surface area contributed by atoms with Crippen LogP contribution in [0.4, 0.5) is 9.18 Å². The highest BCUT2D eigenvalue weighted by Crippen LogP contribution is 2.34. The number of rotatable bonds is 2. The molecule has 2 amide bonds. The van der Waals surface area contributed by atoms with Crippen LogP contribution in [0.25, 0.3) is 0 Å². The van der Waals surface area contributed by atoms with E-state index in [1.807, 2.05) is 0 Å². The number of nitriles is 1. The predicted molar refractivity (Wildman–Crippen MR) is 87.1 cm³/mol. The number of nitrogens with zero attached hydrogens (tertiary/aromatic N) is 3. The molecule has 3 rings (SSSR count). The average Bonchev–Trinajstić information content (AvgIpc) is 3.07. The van der Waals surface area contributed by atoms with Crippen molar-refractivity contribution in [2.45, 2.75) is 18.8 Å². The molecule has 1 aromatic carbocycles.